The van der Waals surface area contributed by atoms with Crippen LogP contribution in [-0.4, -0.2) is 11.7 Å². The Labute approximate surface area is 78.0 Å². The third-order valence-corrected chi connectivity index (χ3v) is 2.44. The van der Waals surface area contributed by atoms with Crippen molar-refractivity contribution in [1.82, 2.24) is 5.32 Å². The third-order valence-electron chi connectivity index (χ3n) is 2.44. The summed E-state index contributed by atoms with van der Waals surface area (Å²) in [5.41, 5.74) is 2.27. The van der Waals surface area contributed by atoms with Crippen molar-refractivity contribution in [2.24, 2.45) is 5.92 Å². The summed E-state index contributed by atoms with van der Waals surface area (Å²) in [5.74, 6) is 0.310. The van der Waals surface area contributed by atoms with Crippen LogP contribution in [0.3, 0.4) is 0 Å². The van der Waals surface area contributed by atoms with E-state index in [1.807, 2.05) is 0 Å². The minimum atomic E-state index is 0.0601. The van der Waals surface area contributed by atoms with Gasteiger partial charge in [-0.3, -0.25) is 0 Å². The molecule has 1 aliphatic carbocycles. The average Bonchev–Trinajstić information content (AvgIpc) is 2.17. The van der Waals surface area contributed by atoms with Crippen molar-refractivity contribution in [3.05, 3.63) is 47.9 Å². The zero-order valence-corrected chi connectivity index (χ0v) is 7.46. The molecule has 0 fully saturated rings. The fraction of sp³-hybridized carbons (Fsp3) is 0.273. The Morgan fingerprint density at radius 1 is 1.46 bits per heavy atom. The average molecular weight is 175 g/mol. The van der Waals surface area contributed by atoms with E-state index in [4.69, 9.17) is 0 Å². The maximum absolute atomic E-state index is 9.39. The van der Waals surface area contributed by atoms with Gasteiger partial charge in [-0.1, -0.05) is 30.9 Å². The lowest BCUT2D eigenvalue weighted by Gasteiger charge is -2.26. The first kappa shape index (κ1) is 8.17. The van der Waals surface area contributed by atoms with Gasteiger partial charge in [0, 0.05) is 12.2 Å². The van der Waals surface area contributed by atoms with Gasteiger partial charge in [-0.2, -0.15) is 0 Å². The Morgan fingerprint density at radius 3 is 3.00 bits per heavy atom. The van der Waals surface area contributed by atoms with Gasteiger partial charge in [-0.15, -0.1) is 0 Å². The zero-order valence-electron chi connectivity index (χ0n) is 7.46. The van der Waals surface area contributed by atoms with Crippen LogP contribution in [0.4, 0.5) is 0 Å². The number of rotatable bonds is 1. The highest BCUT2D eigenvalue weighted by atomic mass is 16.3. The van der Waals surface area contributed by atoms with Crippen molar-refractivity contribution in [3.8, 4) is 0 Å². The molecule has 0 amide bonds. The van der Waals surface area contributed by atoms with Gasteiger partial charge in [0.1, 0.15) is 0 Å². The minimum Gasteiger partial charge on any atom is -0.512 e. The summed E-state index contributed by atoms with van der Waals surface area (Å²) in [4.78, 5) is 0. The highest BCUT2D eigenvalue weighted by Crippen LogP contribution is 2.29. The van der Waals surface area contributed by atoms with Gasteiger partial charge in [-0.05, 0) is 12.0 Å². The molecule has 0 aromatic carbocycles. The Kier molecular flexibility index (Phi) is 1.97. The molecule has 2 nitrogen and oxygen atoms in total. The topological polar surface area (TPSA) is 32.3 Å². The summed E-state index contributed by atoms with van der Waals surface area (Å²) in [7, 11) is 0. The second kappa shape index (κ2) is 3.13. The molecule has 0 bridgehead atoms. The number of hydrogen-bond donors (Lipinski definition) is 2. The van der Waals surface area contributed by atoms with Gasteiger partial charge in [0.15, 0.2) is 0 Å². The summed E-state index contributed by atoms with van der Waals surface area (Å²) in [6.45, 7) is 4.44. The number of nitrogens with one attached hydrogen (secondary N) is 1. The summed E-state index contributed by atoms with van der Waals surface area (Å²) < 4.78 is 0. The van der Waals surface area contributed by atoms with Crippen molar-refractivity contribution in [1.29, 1.82) is 0 Å². The Hall–Kier alpha value is -1.44. The van der Waals surface area contributed by atoms with Crippen LogP contribution in [0.1, 0.15) is 6.42 Å². The molecule has 2 N–H and O–H groups in total. The van der Waals surface area contributed by atoms with Gasteiger partial charge in [0.2, 0.25) is 0 Å². The summed E-state index contributed by atoms with van der Waals surface area (Å²) >= 11 is 0. The third kappa shape index (κ3) is 1.39. The van der Waals surface area contributed by atoms with E-state index in [0.29, 0.717) is 0 Å². The lowest BCUT2D eigenvalue weighted by atomic mass is 9.89. The fourth-order valence-electron chi connectivity index (χ4n) is 1.77. The van der Waals surface area contributed by atoms with Crippen molar-refractivity contribution in [2.75, 3.05) is 6.54 Å². The number of dihydropyridines is 1. The molecule has 0 spiro atoms. The first-order chi connectivity index (χ1) is 6.29. The van der Waals surface area contributed by atoms with E-state index in [1.54, 1.807) is 0 Å². The molecular weight excluding hydrogens is 162 g/mol. The van der Waals surface area contributed by atoms with Crippen LogP contribution in [0, 0.1) is 5.92 Å². The molecule has 1 aliphatic heterocycles. The predicted molar refractivity (Wildman–Crippen MR) is 53.2 cm³/mol. The van der Waals surface area contributed by atoms with Crippen LogP contribution in [0.15, 0.2) is 47.9 Å². The maximum Gasteiger partial charge on any atom is 0.0943 e. The number of aliphatic hydroxyl groups is 1. The van der Waals surface area contributed by atoms with E-state index in [2.05, 4.69) is 36.2 Å². The van der Waals surface area contributed by atoms with Gasteiger partial charge in [0.05, 0.1) is 11.7 Å². The van der Waals surface area contributed by atoms with Crippen molar-refractivity contribution < 1.29 is 5.11 Å². The fourth-order valence-corrected chi connectivity index (χ4v) is 1.77. The maximum atomic E-state index is 9.39. The van der Waals surface area contributed by atoms with Crippen LogP contribution >= 0.6 is 0 Å². The molecule has 1 atom stereocenters. The Balaban J connectivity index is 2.35. The molecule has 2 heteroatoms. The van der Waals surface area contributed by atoms with Gasteiger partial charge >= 0.3 is 0 Å². The molecule has 1 heterocycles. The first-order valence-electron chi connectivity index (χ1n) is 4.48. The zero-order chi connectivity index (χ0) is 9.26. The van der Waals surface area contributed by atoms with Crippen LogP contribution in [0.25, 0.3) is 0 Å². The van der Waals surface area contributed by atoms with Gasteiger partial charge < -0.3 is 10.4 Å². The van der Waals surface area contributed by atoms with Crippen LogP contribution < -0.4 is 5.32 Å². The van der Waals surface area contributed by atoms with Crippen LogP contribution in [0.5, 0.6) is 0 Å². The largest absolute Gasteiger partial charge is 0.512 e. The SMILES string of the molecule is C=C(O)C1CC=CC2=C1NCC=C2. The number of hydrogen-bond acceptors (Lipinski definition) is 2. The minimum absolute atomic E-state index is 0.0601. The lowest BCUT2D eigenvalue weighted by Crippen LogP contribution is -2.26. The molecule has 0 saturated heterocycles. The second-order valence-electron chi connectivity index (χ2n) is 3.33. The predicted octanol–water partition coefficient (Wildman–Crippen LogP) is 2.05. The molecule has 2 rings (SSSR count). The Morgan fingerprint density at radius 2 is 2.23 bits per heavy atom. The molecule has 2 aliphatic rings. The molecule has 0 radical (unpaired) electrons. The smallest absolute Gasteiger partial charge is 0.0943 e. The molecule has 0 aromatic rings. The molecule has 1 unspecified atom stereocenters. The quantitative estimate of drug-likeness (QED) is 0.598. The van der Waals surface area contributed by atoms with E-state index < -0.39 is 0 Å². The van der Waals surface area contributed by atoms with E-state index >= 15 is 0 Å². The summed E-state index contributed by atoms with van der Waals surface area (Å²) in [6.07, 6.45) is 9.15. The molecule has 0 aromatic heterocycles. The van der Waals surface area contributed by atoms with E-state index in [9.17, 15) is 5.11 Å². The normalized spacial score (nSPS) is 25.4. The Bertz CT molecular complexity index is 319. The van der Waals surface area contributed by atoms with E-state index in [-0.39, 0.29) is 11.7 Å². The second-order valence-corrected chi connectivity index (χ2v) is 3.33. The highest BCUT2D eigenvalue weighted by Gasteiger charge is 2.22. The first-order valence-corrected chi connectivity index (χ1v) is 4.48. The molecule has 68 valence electrons. The lowest BCUT2D eigenvalue weighted by molar-refractivity contribution is 0.345. The van der Waals surface area contributed by atoms with Crippen molar-refractivity contribution >= 4 is 0 Å². The molecule has 13 heavy (non-hydrogen) atoms. The van der Waals surface area contributed by atoms with E-state index in [0.717, 1.165) is 24.2 Å². The van der Waals surface area contributed by atoms with Gasteiger partial charge in [0.25, 0.3) is 0 Å². The van der Waals surface area contributed by atoms with E-state index in [1.165, 1.54) is 0 Å². The number of aliphatic hydroxyl groups excluding tert-OH is 1. The van der Waals surface area contributed by atoms with Gasteiger partial charge in [-0.25, -0.2) is 0 Å². The number of allylic oxidation sites excluding steroid dienone is 4. The molecule has 0 saturated carbocycles. The summed E-state index contributed by atoms with van der Waals surface area (Å²) in [5, 5.41) is 12.7. The van der Waals surface area contributed by atoms with Crippen molar-refractivity contribution in [3.63, 3.8) is 0 Å². The monoisotopic (exact) mass is 175 g/mol. The van der Waals surface area contributed by atoms with Crippen LogP contribution in [0.2, 0.25) is 0 Å². The van der Waals surface area contributed by atoms with Crippen LogP contribution in [-0.2, 0) is 0 Å². The molecular formula is C11H13NO. The van der Waals surface area contributed by atoms with Crippen molar-refractivity contribution in [2.45, 2.75) is 6.42 Å². The summed E-state index contributed by atoms with van der Waals surface area (Å²) in [6, 6.07) is 0. The highest BCUT2D eigenvalue weighted by molar-refractivity contribution is 5.43. The standard InChI is InChI=1S/C11H13NO/c1-8(13)10-6-2-4-9-5-3-7-12-11(9)10/h2-5,10,12-13H,1,6-7H2.